The van der Waals surface area contributed by atoms with Gasteiger partial charge in [0, 0.05) is 29.7 Å². The van der Waals surface area contributed by atoms with Gasteiger partial charge < -0.3 is 15.1 Å². The van der Waals surface area contributed by atoms with Crippen LogP contribution in [0.4, 0.5) is 15.9 Å². The van der Waals surface area contributed by atoms with E-state index >= 15 is 4.39 Å². The summed E-state index contributed by atoms with van der Waals surface area (Å²) in [5, 5.41) is 11.0. The summed E-state index contributed by atoms with van der Waals surface area (Å²) in [5.74, 6) is -1.36. The van der Waals surface area contributed by atoms with Crippen molar-refractivity contribution < 1.29 is 14.0 Å². The number of piperazine rings is 1. The Morgan fingerprint density at radius 3 is 2.67 bits per heavy atom. The number of halogens is 1. The molecular weight excluding hydrogens is 587 g/mol. The molecule has 3 aromatic heterocycles. The molecule has 1 saturated heterocycles. The SMILES string of the molecule is C=CC(=O)N1CC2C(=O)Nc3c(F)c(-c4c(C)ccc5[nH]ncc45)cc4c3c(nc(=O)n4-c3c(C)ccnc3C(C)C)N2CC1C. The first kappa shape index (κ1) is 29.3. The third-order valence-corrected chi connectivity index (χ3v) is 9.15. The number of pyridine rings is 1. The fraction of sp³-hybridized carbons (Fsp3) is 0.294. The average molecular weight is 621 g/mol. The number of fused-ring (bicyclic) bond motifs is 3. The van der Waals surface area contributed by atoms with Crippen LogP contribution in [-0.2, 0) is 9.59 Å². The summed E-state index contributed by atoms with van der Waals surface area (Å²) in [6.07, 6.45) is 4.55. The lowest BCUT2D eigenvalue weighted by molar-refractivity contribution is -0.130. The molecule has 2 aliphatic rings. The maximum absolute atomic E-state index is 17.1. The van der Waals surface area contributed by atoms with E-state index < -0.39 is 23.5 Å². The van der Waals surface area contributed by atoms with E-state index in [0.29, 0.717) is 38.8 Å². The van der Waals surface area contributed by atoms with E-state index in [-0.39, 0.29) is 48.0 Å². The minimum absolute atomic E-state index is 0.0131. The number of rotatable bonds is 4. The zero-order chi connectivity index (χ0) is 32.6. The molecule has 11 nitrogen and oxygen atoms in total. The quantitative estimate of drug-likeness (QED) is 0.278. The number of carbonyl (C=O) groups excluding carboxylic acids is 2. The number of aromatic amines is 1. The number of nitrogens with one attached hydrogen (secondary N) is 2. The molecule has 46 heavy (non-hydrogen) atoms. The molecule has 0 bridgehead atoms. The lowest BCUT2D eigenvalue weighted by Gasteiger charge is -2.44. The zero-order valence-electron chi connectivity index (χ0n) is 26.2. The van der Waals surface area contributed by atoms with E-state index in [1.807, 2.05) is 52.8 Å². The minimum Gasteiger partial charge on any atom is -0.340 e. The van der Waals surface area contributed by atoms with Gasteiger partial charge in [0.1, 0.15) is 11.9 Å². The van der Waals surface area contributed by atoms with Crippen LogP contribution >= 0.6 is 0 Å². The molecule has 5 aromatic rings. The number of carbonyl (C=O) groups is 2. The summed E-state index contributed by atoms with van der Waals surface area (Å²) >= 11 is 0. The van der Waals surface area contributed by atoms with Gasteiger partial charge in [-0.2, -0.15) is 10.1 Å². The van der Waals surface area contributed by atoms with Gasteiger partial charge in [-0.25, -0.2) is 9.18 Å². The standard InChI is InChI=1S/C34H33FN8O3/c1-7-25(44)41-15-24-33(45)38-30-27-23(12-20(28(30)35)26-17(4)8-9-22-21(26)13-37-40-22)43(31-18(5)10-11-36-29(31)16(2)3)34(46)39-32(27)42(24)14-19(41)6/h7-13,16,19,24H,1,14-15H2,2-6H3,(H,37,40)(H,38,45). The number of amides is 2. The number of hydrogen-bond acceptors (Lipinski definition) is 7. The van der Waals surface area contributed by atoms with Crippen molar-refractivity contribution in [3.8, 4) is 16.8 Å². The Kier molecular flexibility index (Phi) is 6.76. The maximum Gasteiger partial charge on any atom is 0.354 e. The van der Waals surface area contributed by atoms with Crippen molar-refractivity contribution in [2.75, 3.05) is 23.3 Å². The number of anilines is 2. The highest BCUT2D eigenvalue weighted by Crippen LogP contribution is 2.44. The number of aromatic nitrogens is 5. The molecule has 2 aliphatic heterocycles. The van der Waals surface area contributed by atoms with Crippen LogP contribution in [-0.4, -0.2) is 66.6 Å². The molecule has 234 valence electrons. The van der Waals surface area contributed by atoms with E-state index in [1.54, 1.807) is 28.3 Å². The highest BCUT2D eigenvalue weighted by Gasteiger charge is 2.42. The fourth-order valence-corrected chi connectivity index (χ4v) is 6.90. The number of H-pyrrole nitrogens is 1. The molecule has 12 heteroatoms. The van der Waals surface area contributed by atoms with Gasteiger partial charge >= 0.3 is 5.69 Å². The molecule has 0 aliphatic carbocycles. The molecule has 0 spiro atoms. The van der Waals surface area contributed by atoms with E-state index in [9.17, 15) is 14.4 Å². The first-order valence-electron chi connectivity index (χ1n) is 15.2. The van der Waals surface area contributed by atoms with Crippen LogP contribution in [0.3, 0.4) is 0 Å². The molecule has 2 aromatic carbocycles. The van der Waals surface area contributed by atoms with Crippen LogP contribution in [0, 0.1) is 19.7 Å². The van der Waals surface area contributed by atoms with Crippen LogP contribution in [0.5, 0.6) is 0 Å². The lowest BCUT2D eigenvalue weighted by atomic mass is 9.94. The summed E-state index contributed by atoms with van der Waals surface area (Å²) in [5.41, 5.74) is 4.01. The third kappa shape index (κ3) is 4.23. The number of hydrogen-bond donors (Lipinski definition) is 2. The first-order chi connectivity index (χ1) is 22.0. The van der Waals surface area contributed by atoms with E-state index in [4.69, 9.17) is 0 Å². The lowest BCUT2D eigenvalue weighted by Crippen LogP contribution is -2.62. The maximum atomic E-state index is 17.1. The molecule has 2 unspecified atom stereocenters. The highest BCUT2D eigenvalue weighted by molar-refractivity contribution is 6.14. The van der Waals surface area contributed by atoms with Crippen LogP contribution in [0.1, 0.15) is 43.5 Å². The van der Waals surface area contributed by atoms with Gasteiger partial charge in [0.25, 0.3) is 0 Å². The second-order valence-corrected chi connectivity index (χ2v) is 12.4. The van der Waals surface area contributed by atoms with Crippen molar-refractivity contribution in [3.05, 3.63) is 82.4 Å². The molecule has 2 amide bonds. The number of benzene rings is 2. The molecule has 0 radical (unpaired) electrons. The van der Waals surface area contributed by atoms with Crippen molar-refractivity contribution in [2.45, 2.75) is 52.6 Å². The summed E-state index contributed by atoms with van der Waals surface area (Å²) in [6, 6.07) is 5.97. The molecular formula is C34H33FN8O3. The van der Waals surface area contributed by atoms with Crippen molar-refractivity contribution in [1.82, 2.24) is 29.6 Å². The monoisotopic (exact) mass is 620 g/mol. The Morgan fingerprint density at radius 1 is 1.15 bits per heavy atom. The van der Waals surface area contributed by atoms with Crippen molar-refractivity contribution in [2.24, 2.45) is 0 Å². The van der Waals surface area contributed by atoms with Crippen molar-refractivity contribution in [1.29, 1.82) is 0 Å². The van der Waals surface area contributed by atoms with Crippen molar-refractivity contribution >= 4 is 45.1 Å². The second-order valence-electron chi connectivity index (χ2n) is 12.4. The van der Waals surface area contributed by atoms with Gasteiger partial charge in [0.15, 0.2) is 5.82 Å². The normalized spacial score (nSPS) is 17.8. The number of nitrogens with zero attached hydrogens (tertiary/aromatic N) is 6. The molecule has 2 N–H and O–H groups in total. The van der Waals surface area contributed by atoms with Crippen LogP contribution in [0.15, 0.2) is 54.1 Å². The average Bonchev–Trinajstić information content (AvgIpc) is 3.46. The smallest absolute Gasteiger partial charge is 0.340 e. The van der Waals surface area contributed by atoms with Gasteiger partial charge in [-0.1, -0.05) is 26.5 Å². The van der Waals surface area contributed by atoms with Gasteiger partial charge in [-0.15, -0.1) is 0 Å². The third-order valence-electron chi connectivity index (χ3n) is 9.15. The first-order valence-corrected chi connectivity index (χ1v) is 15.2. The van der Waals surface area contributed by atoms with Gasteiger partial charge in [-0.05, 0) is 67.7 Å². The Morgan fingerprint density at radius 2 is 1.93 bits per heavy atom. The van der Waals surface area contributed by atoms with Crippen LogP contribution in [0.25, 0.3) is 38.6 Å². The molecule has 0 saturated carbocycles. The summed E-state index contributed by atoms with van der Waals surface area (Å²) < 4.78 is 18.6. The Hall–Kier alpha value is -5.39. The minimum atomic E-state index is -0.924. The van der Waals surface area contributed by atoms with E-state index in [1.165, 1.54) is 10.6 Å². The Labute approximate surface area is 263 Å². The van der Waals surface area contributed by atoms with Gasteiger partial charge in [0.05, 0.1) is 46.2 Å². The summed E-state index contributed by atoms with van der Waals surface area (Å²) in [4.78, 5) is 53.5. The highest BCUT2D eigenvalue weighted by atomic mass is 19.1. The molecule has 1 fully saturated rings. The summed E-state index contributed by atoms with van der Waals surface area (Å²) in [7, 11) is 0. The van der Waals surface area contributed by atoms with Gasteiger partial charge in [0.2, 0.25) is 11.8 Å². The Bertz CT molecular complexity index is 2190. The summed E-state index contributed by atoms with van der Waals surface area (Å²) in [6.45, 7) is 13.4. The molecule has 7 rings (SSSR count). The Balaban J connectivity index is 1.62. The zero-order valence-corrected chi connectivity index (χ0v) is 26.2. The second kappa shape index (κ2) is 10.6. The number of aryl methyl sites for hydroxylation is 2. The topological polar surface area (TPSA) is 129 Å². The predicted molar refractivity (Wildman–Crippen MR) is 175 cm³/mol. The van der Waals surface area contributed by atoms with Crippen LogP contribution < -0.4 is 15.9 Å². The largest absolute Gasteiger partial charge is 0.354 e. The van der Waals surface area contributed by atoms with Gasteiger partial charge in [-0.3, -0.25) is 24.2 Å². The fourth-order valence-electron chi connectivity index (χ4n) is 6.90. The van der Waals surface area contributed by atoms with Crippen LogP contribution in [0.2, 0.25) is 0 Å². The molecule has 5 heterocycles. The van der Waals surface area contributed by atoms with E-state index in [2.05, 4.69) is 32.1 Å². The van der Waals surface area contributed by atoms with Crippen molar-refractivity contribution in [3.63, 3.8) is 0 Å². The predicted octanol–water partition coefficient (Wildman–Crippen LogP) is 4.75. The molecule has 2 atom stereocenters. The van der Waals surface area contributed by atoms with E-state index in [0.717, 1.165) is 11.1 Å².